The Kier molecular flexibility index (Phi) is 4.59. The van der Waals surface area contributed by atoms with Crippen molar-refractivity contribution in [2.24, 2.45) is 0 Å². The number of halogens is 1. The number of ether oxygens (including phenoxy) is 1. The molecule has 82 valence electrons. The lowest BCUT2D eigenvalue weighted by Gasteiger charge is -2.15. The average molecular weight is 228 g/mol. The van der Waals surface area contributed by atoms with Crippen LogP contribution in [0.15, 0.2) is 24.3 Å². The van der Waals surface area contributed by atoms with E-state index in [2.05, 4.69) is 5.32 Å². The van der Waals surface area contributed by atoms with E-state index in [0.29, 0.717) is 11.6 Å². The van der Waals surface area contributed by atoms with Crippen LogP contribution in [0.4, 0.5) is 0 Å². The summed E-state index contributed by atoms with van der Waals surface area (Å²) < 4.78 is 4.72. The van der Waals surface area contributed by atoms with Crippen molar-refractivity contribution < 1.29 is 9.53 Å². The predicted molar refractivity (Wildman–Crippen MR) is 59.9 cm³/mol. The first-order valence-electron chi connectivity index (χ1n) is 4.75. The first-order chi connectivity index (χ1) is 7.19. The maximum atomic E-state index is 11.5. The van der Waals surface area contributed by atoms with Gasteiger partial charge in [-0.1, -0.05) is 30.7 Å². The Morgan fingerprint density at radius 2 is 2.07 bits per heavy atom. The van der Waals surface area contributed by atoms with Crippen LogP contribution in [0.3, 0.4) is 0 Å². The van der Waals surface area contributed by atoms with Crippen LogP contribution in [-0.2, 0) is 9.53 Å². The fourth-order valence-electron chi connectivity index (χ4n) is 1.31. The molecule has 0 aliphatic carbocycles. The molecule has 15 heavy (non-hydrogen) atoms. The van der Waals surface area contributed by atoms with Gasteiger partial charge in [0.1, 0.15) is 6.04 Å². The third-order valence-corrected chi connectivity index (χ3v) is 2.30. The van der Waals surface area contributed by atoms with E-state index in [9.17, 15) is 4.79 Å². The molecule has 0 radical (unpaired) electrons. The second-order valence-electron chi connectivity index (χ2n) is 3.07. The monoisotopic (exact) mass is 227 g/mol. The lowest BCUT2D eigenvalue weighted by Crippen LogP contribution is -2.29. The van der Waals surface area contributed by atoms with Crippen molar-refractivity contribution >= 4 is 17.6 Å². The first-order valence-corrected chi connectivity index (χ1v) is 5.13. The van der Waals surface area contributed by atoms with Crippen LogP contribution < -0.4 is 5.32 Å². The molecule has 0 amide bonds. The van der Waals surface area contributed by atoms with Crippen LogP contribution in [-0.4, -0.2) is 19.6 Å². The summed E-state index contributed by atoms with van der Waals surface area (Å²) in [5, 5.41) is 3.70. The summed E-state index contributed by atoms with van der Waals surface area (Å²) in [5.41, 5.74) is 0.855. The molecule has 0 spiro atoms. The van der Waals surface area contributed by atoms with E-state index in [4.69, 9.17) is 16.3 Å². The van der Waals surface area contributed by atoms with Gasteiger partial charge in [0.05, 0.1) is 7.11 Å². The molecular formula is C11H14ClNO2. The number of methoxy groups -OCH3 is 1. The molecule has 0 aliphatic rings. The van der Waals surface area contributed by atoms with Crippen molar-refractivity contribution in [2.75, 3.05) is 13.7 Å². The SMILES string of the molecule is CCNC(C(=O)OC)c1ccc(Cl)cc1. The molecule has 0 saturated carbocycles. The Balaban J connectivity index is 2.88. The van der Waals surface area contributed by atoms with Gasteiger partial charge in [-0.15, -0.1) is 0 Å². The van der Waals surface area contributed by atoms with Crippen LogP contribution in [0.25, 0.3) is 0 Å². The van der Waals surface area contributed by atoms with Gasteiger partial charge in [0, 0.05) is 5.02 Å². The van der Waals surface area contributed by atoms with Gasteiger partial charge in [-0.25, -0.2) is 4.79 Å². The van der Waals surface area contributed by atoms with Gasteiger partial charge >= 0.3 is 5.97 Å². The lowest BCUT2D eigenvalue weighted by molar-refractivity contribution is -0.143. The number of benzene rings is 1. The summed E-state index contributed by atoms with van der Waals surface area (Å²) in [6.07, 6.45) is 0. The Morgan fingerprint density at radius 1 is 1.47 bits per heavy atom. The number of esters is 1. The van der Waals surface area contributed by atoms with Crippen LogP contribution in [0.2, 0.25) is 5.02 Å². The van der Waals surface area contributed by atoms with Crippen LogP contribution in [0, 0.1) is 0 Å². The molecule has 0 fully saturated rings. The van der Waals surface area contributed by atoms with Gasteiger partial charge in [-0.3, -0.25) is 0 Å². The van der Waals surface area contributed by atoms with Gasteiger partial charge in [-0.2, -0.15) is 0 Å². The highest BCUT2D eigenvalue weighted by molar-refractivity contribution is 6.30. The largest absolute Gasteiger partial charge is 0.468 e. The van der Waals surface area contributed by atoms with Gasteiger partial charge in [0.25, 0.3) is 0 Å². The van der Waals surface area contributed by atoms with Crippen molar-refractivity contribution in [3.63, 3.8) is 0 Å². The number of rotatable bonds is 4. The minimum atomic E-state index is -0.419. The van der Waals surface area contributed by atoms with Crippen molar-refractivity contribution in [3.8, 4) is 0 Å². The van der Waals surface area contributed by atoms with E-state index in [-0.39, 0.29) is 5.97 Å². The molecule has 0 heterocycles. The molecule has 0 aromatic heterocycles. The zero-order valence-corrected chi connectivity index (χ0v) is 9.54. The summed E-state index contributed by atoms with van der Waals surface area (Å²) in [6, 6.07) is 6.71. The smallest absolute Gasteiger partial charge is 0.327 e. The van der Waals surface area contributed by atoms with E-state index >= 15 is 0 Å². The normalized spacial score (nSPS) is 12.2. The Morgan fingerprint density at radius 3 is 2.53 bits per heavy atom. The van der Waals surface area contributed by atoms with Gasteiger partial charge in [-0.05, 0) is 24.2 Å². The van der Waals surface area contributed by atoms with Crippen LogP contribution in [0.5, 0.6) is 0 Å². The zero-order valence-electron chi connectivity index (χ0n) is 8.79. The van der Waals surface area contributed by atoms with Crippen molar-refractivity contribution in [3.05, 3.63) is 34.9 Å². The third-order valence-electron chi connectivity index (χ3n) is 2.05. The molecule has 0 bridgehead atoms. The number of nitrogens with one attached hydrogen (secondary N) is 1. The molecule has 1 atom stereocenters. The maximum absolute atomic E-state index is 11.5. The molecule has 0 saturated heterocycles. The van der Waals surface area contributed by atoms with Crippen LogP contribution in [0.1, 0.15) is 18.5 Å². The van der Waals surface area contributed by atoms with Crippen molar-refractivity contribution in [1.82, 2.24) is 5.32 Å². The van der Waals surface area contributed by atoms with E-state index in [1.165, 1.54) is 7.11 Å². The second-order valence-corrected chi connectivity index (χ2v) is 3.50. The van der Waals surface area contributed by atoms with Gasteiger partial charge < -0.3 is 10.1 Å². The van der Waals surface area contributed by atoms with Gasteiger partial charge in [0.2, 0.25) is 0 Å². The van der Waals surface area contributed by atoms with Crippen LogP contribution >= 0.6 is 11.6 Å². The minimum Gasteiger partial charge on any atom is -0.468 e. The molecular weight excluding hydrogens is 214 g/mol. The molecule has 1 aromatic rings. The summed E-state index contributed by atoms with van der Waals surface area (Å²) in [7, 11) is 1.38. The van der Waals surface area contributed by atoms with Gasteiger partial charge in [0.15, 0.2) is 0 Å². The summed E-state index contributed by atoms with van der Waals surface area (Å²) in [4.78, 5) is 11.5. The van der Waals surface area contributed by atoms with E-state index < -0.39 is 6.04 Å². The van der Waals surface area contributed by atoms with Crippen molar-refractivity contribution in [2.45, 2.75) is 13.0 Å². The quantitative estimate of drug-likeness (QED) is 0.802. The van der Waals surface area contributed by atoms with E-state index in [0.717, 1.165) is 5.56 Å². The van der Waals surface area contributed by atoms with Crippen molar-refractivity contribution in [1.29, 1.82) is 0 Å². The molecule has 4 heteroatoms. The fraction of sp³-hybridized carbons (Fsp3) is 0.364. The summed E-state index contributed by atoms with van der Waals surface area (Å²) in [6.45, 7) is 2.63. The third kappa shape index (κ3) is 3.22. The Hall–Kier alpha value is -1.06. The topological polar surface area (TPSA) is 38.3 Å². The highest BCUT2D eigenvalue weighted by Gasteiger charge is 2.19. The Labute approximate surface area is 94.4 Å². The maximum Gasteiger partial charge on any atom is 0.327 e. The molecule has 1 unspecified atom stereocenters. The molecule has 1 N–H and O–H groups in total. The molecule has 1 aromatic carbocycles. The first kappa shape index (κ1) is 12.0. The van der Waals surface area contributed by atoms with E-state index in [1.54, 1.807) is 12.1 Å². The standard InChI is InChI=1S/C11H14ClNO2/c1-3-13-10(11(14)15-2)8-4-6-9(12)7-5-8/h4-7,10,13H,3H2,1-2H3. The summed E-state index contributed by atoms with van der Waals surface area (Å²) in [5.74, 6) is -0.292. The Bertz CT molecular complexity index is 324. The van der Waals surface area contributed by atoms with E-state index in [1.807, 2.05) is 19.1 Å². The minimum absolute atomic E-state index is 0.292. The molecule has 3 nitrogen and oxygen atoms in total. The predicted octanol–water partition coefficient (Wildman–Crippen LogP) is 2.16. The highest BCUT2D eigenvalue weighted by Crippen LogP contribution is 2.17. The number of hydrogen-bond acceptors (Lipinski definition) is 3. The number of likely N-dealkylation sites (N-methyl/N-ethyl adjacent to an activating group) is 1. The zero-order chi connectivity index (χ0) is 11.3. The average Bonchev–Trinajstić information content (AvgIpc) is 2.26. The summed E-state index contributed by atoms with van der Waals surface area (Å²) >= 11 is 5.77. The number of hydrogen-bond donors (Lipinski definition) is 1. The lowest BCUT2D eigenvalue weighted by atomic mass is 10.1. The molecule has 1 rings (SSSR count). The fourth-order valence-corrected chi connectivity index (χ4v) is 1.44. The molecule has 0 aliphatic heterocycles. The number of carbonyl (C=O) groups is 1. The second kappa shape index (κ2) is 5.73. The highest BCUT2D eigenvalue weighted by atomic mass is 35.5. The number of carbonyl (C=O) groups excluding carboxylic acids is 1.